The zero-order valence-corrected chi connectivity index (χ0v) is 12.2. The van der Waals surface area contributed by atoms with Gasteiger partial charge < -0.3 is 10.9 Å². The van der Waals surface area contributed by atoms with E-state index in [0.717, 1.165) is 33.2 Å². The Morgan fingerprint density at radius 1 is 1.50 bits per heavy atom. The Morgan fingerprint density at radius 2 is 2.25 bits per heavy atom. The molecule has 1 aliphatic heterocycles. The van der Waals surface area contributed by atoms with E-state index in [9.17, 15) is 9.90 Å². The second kappa shape index (κ2) is 4.53. The van der Waals surface area contributed by atoms with E-state index in [1.54, 1.807) is 0 Å². The molecule has 0 saturated heterocycles. The molecule has 20 heavy (non-hydrogen) atoms. The third-order valence-electron chi connectivity index (χ3n) is 3.24. The monoisotopic (exact) mass is 305 g/mol. The van der Waals surface area contributed by atoms with Crippen LogP contribution >= 0.6 is 23.6 Å². The molecule has 0 aliphatic carbocycles. The van der Waals surface area contributed by atoms with E-state index >= 15 is 0 Å². The largest absolute Gasteiger partial charge is 0.492 e. The number of fused-ring (bicyclic) bond motifs is 1. The van der Waals surface area contributed by atoms with Gasteiger partial charge in [-0.3, -0.25) is 4.79 Å². The molecule has 3 N–H and O–H groups in total. The number of aromatic hydroxyl groups is 1. The molecule has 0 fully saturated rings. The molecule has 102 valence electrons. The minimum Gasteiger partial charge on any atom is -0.492 e. The molecule has 2 aromatic rings. The normalized spacial score (nSPS) is 13.4. The van der Waals surface area contributed by atoms with Crippen LogP contribution < -0.4 is 16.4 Å². The summed E-state index contributed by atoms with van der Waals surface area (Å²) in [7, 11) is 0. The maximum absolute atomic E-state index is 12.2. The van der Waals surface area contributed by atoms with E-state index in [4.69, 9.17) is 18.1 Å². The average molecular weight is 305 g/mol. The number of aryl methyl sites for hydroxylation is 1. The summed E-state index contributed by atoms with van der Waals surface area (Å²) in [4.78, 5) is 16.6. The molecule has 1 aromatic heterocycles. The van der Waals surface area contributed by atoms with Crippen molar-refractivity contribution in [1.29, 1.82) is 0 Å². The molecule has 0 saturated carbocycles. The van der Waals surface area contributed by atoms with Crippen molar-refractivity contribution in [2.24, 2.45) is 4.99 Å². The lowest BCUT2D eigenvalue weighted by Crippen LogP contribution is -2.26. The number of hydrogen-bond donors (Lipinski definition) is 2. The van der Waals surface area contributed by atoms with Gasteiger partial charge in [0, 0.05) is 5.22 Å². The minimum atomic E-state index is -0.368. The van der Waals surface area contributed by atoms with Gasteiger partial charge in [-0.2, -0.15) is 0 Å². The van der Waals surface area contributed by atoms with E-state index in [0.29, 0.717) is 19.8 Å². The fourth-order valence-corrected chi connectivity index (χ4v) is 3.43. The van der Waals surface area contributed by atoms with Gasteiger partial charge in [0.25, 0.3) is 5.91 Å². The van der Waals surface area contributed by atoms with Gasteiger partial charge in [0.2, 0.25) is 5.88 Å². The summed E-state index contributed by atoms with van der Waals surface area (Å²) in [5.41, 5.74) is 1.37. The Labute approximate surface area is 123 Å². The van der Waals surface area contributed by atoms with Gasteiger partial charge in [0.15, 0.2) is 3.95 Å². The highest BCUT2D eigenvalue weighted by molar-refractivity contribution is 7.73. The molecule has 1 amide bonds. The lowest BCUT2D eigenvalue weighted by Gasteiger charge is -1.98. The van der Waals surface area contributed by atoms with Crippen molar-refractivity contribution in [3.63, 3.8) is 0 Å². The van der Waals surface area contributed by atoms with Crippen LogP contribution in [0.15, 0.2) is 23.2 Å². The van der Waals surface area contributed by atoms with Gasteiger partial charge in [-0.05, 0) is 24.2 Å². The van der Waals surface area contributed by atoms with Gasteiger partial charge in [0.05, 0.1) is 10.9 Å². The number of carbonyl (C=O) groups excluding carboxylic acids is 1. The molecule has 0 spiro atoms. The van der Waals surface area contributed by atoms with Crippen LogP contribution in [0.5, 0.6) is 5.88 Å². The number of rotatable bonds is 2. The third kappa shape index (κ3) is 1.70. The Balaban J connectivity index is 2.43. The smallest absolute Gasteiger partial charge is 0.279 e. The van der Waals surface area contributed by atoms with Gasteiger partial charge in [0.1, 0.15) is 4.88 Å². The van der Waals surface area contributed by atoms with Crippen LogP contribution in [0.3, 0.4) is 0 Å². The van der Waals surface area contributed by atoms with Crippen LogP contribution in [-0.2, 0) is 11.2 Å². The molecule has 3 rings (SSSR count). The van der Waals surface area contributed by atoms with E-state index in [1.165, 1.54) is 0 Å². The number of nitrogens with zero attached hydrogens (tertiary/aromatic N) is 2. The molecule has 0 radical (unpaired) electrons. The summed E-state index contributed by atoms with van der Waals surface area (Å²) in [6.07, 6.45) is 0.785. The average Bonchev–Trinajstić information content (AvgIpc) is 2.89. The van der Waals surface area contributed by atoms with Gasteiger partial charge in [-0.25, -0.2) is 9.67 Å². The Bertz CT molecular complexity index is 909. The summed E-state index contributed by atoms with van der Waals surface area (Å²) in [5.74, 6) is 5.04. The molecule has 2 heterocycles. The summed E-state index contributed by atoms with van der Waals surface area (Å²) in [6.45, 7) is 2.01. The van der Waals surface area contributed by atoms with Crippen molar-refractivity contribution in [2.45, 2.75) is 13.3 Å². The van der Waals surface area contributed by atoms with Crippen molar-refractivity contribution in [2.75, 3.05) is 5.84 Å². The number of nitrogen functional groups attached to an aromatic ring is 1. The Hall–Kier alpha value is -1.99. The Kier molecular flexibility index (Phi) is 2.95. The van der Waals surface area contributed by atoms with Crippen molar-refractivity contribution >= 4 is 35.0 Å². The molecule has 0 bridgehead atoms. The molecule has 0 atom stereocenters. The zero-order chi connectivity index (χ0) is 14.4. The lowest BCUT2D eigenvalue weighted by molar-refractivity contribution is -0.112. The topological polar surface area (TPSA) is 80.6 Å². The van der Waals surface area contributed by atoms with Crippen LogP contribution in [0.25, 0.3) is 5.57 Å². The van der Waals surface area contributed by atoms with Gasteiger partial charge in [-0.1, -0.05) is 36.5 Å². The van der Waals surface area contributed by atoms with Gasteiger partial charge in [-0.15, -0.1) is 0 Å². The van der Waals surface area contributed by atoms with E-state index in [1.807, 2.05) is 25.1 Å². The summed E-state index contributed by atoms with van der Waals surface area (Å²) < 4.78 is 1.30. The summed E-state index contributed by atoms with van der Waals surface area (Å²) in [5, 5.41) is 11.4. The number of aromatic nitrogens is 1. The predicted octanol–water partition coefficient (Wildman–Crippen LogP) is 0.620. The van der Waals surface area contributed by atoms with Crippen LogP contribution in [-0.4, -0.2) is 15.7 Å². The van der Waals surface area contributed by atoms with Crippen LogP contribution in [0.2, 0.25) is 0 Å². The van der Waals surface area contributed by atoms with Crippen LogP contribution in [0, 0.1) is 3.95 Å². The van der Waals surface area contributed by atoms with Crippen molar-refractivity contribution in [1.82, 2.24) is 4.68 Å². The highest BCUT2D eigenvalue weighted by Gasteiger charge is 2.25. The SMILES string of the molecule is CCc1cccc2c1=NC(=O)C=2c1sc(=S)n(N)c1O. The molecule has 7 heteroatoms. The van der Waals surface area contributed by atoms with E-state index in [-0.39, 0.29) is 11.8 Å². The second-order valence-electron chi connectivity index (χ2n) is 4.35. The van der Waals surface area contributed by atoms with Crippen LogP contribution in [0.4, 0.5) is 0 Å². The molecular formula is C13H11N3O2S2. The maximum Gasteiger partial charge on any atom is 0.279 e. The third-order valence-corrected chi connectivity index (χ3v) is 4.65. The van der Waals surface area contributed by atoms with E-state index < -0.39 is 0 Å². The second-order valence-corrected chi connectivity index (χ2v) is 5.99. The first-order valence-electron chi connectivity index (χ1n) is 6.00. The fourth-order valence-electron chi connectivity index (χ4n) is 2.24. The number of para-hydroxylation sites is 1. The lowest BCUT2D eigenvalue weighted by atomic mass is 10.1. The number of benzene rings is 1. The summed E-state index contributed by atoms with van der Waals surface area (Å²) in [6, 6.07) is 5.64. The molecule has 5 nitrogen and oxygen atoms in total. The first-order valence-corrected chi connectivity index (χ1v) is 7.22. The number of amides is 1. The van der Waals surface area contributed by atoms with Crippen molar-refractivity contribution in [3.8, 4) is 5.88 Å². The number of nitrogens with two attached hydrogens (primary N) is 1. The molecular weight excluding hydrogens is 294 g/mol. The van der Waals surface area contributed by atoms with Gasteiger partial charge >= 0.3 is 0 Å². The van der Waals surface area contributed by atoms with E-state index in [2.05, 4.69) is 4.99 Å². The van der Waals surface area contributed by atoms with Crippen molar-refractivity contribution < 1.29 is 9.90 Å². The number of thiazole rings is 1. The summed E-state index contributed by atoms with van der Waals surface area (Å²) >= 11 is 6.13. The zero-order valence-electron chi connectivity index (χ0n) is 10.6. The Morgan fingerprint density at radius 3 is 2.85 bits per heavy atom. The first kappa shape index (κ1) is 13.0. The predicted molar refractivity (Wildman–Crippen MR) is 79.1 cm³/mol. The number of carbonyl (C=O) groups is 1. The molecule has 0 unspecified atom stereocenters. The highest BCUT2D eigenvalue weighted by Crippen LogP contribution is 2.30. The minimum absolute atomic E-state index is 0.201. The first-order chi connectivity index (χ1) is 9.54. The highest BCUT2D eigenvalue weighted by atomic mass is 32.1. The quantitative estimate of drug-likeness (QED) is 0.629. The van der Waals surface area contributed by atoms with Crippen molar-refractivity contribution in [3.05, 3.63) is 43.2 Å². The standard InChI is InChI=1S/C13H11N3O2S2/c1-2-6-4-3-5-7-8(11(17)15-9(6)7)10-12(18)16(14)13(19)20-10/h3-5,18H,2,14H2,1H3. The molecule has 1 aromatic carbocycles. The molecule has 1 aliphatic rings. The fraction of sp³-hybridized carbons (Fsp3) is 0.154. The maximum atomic E-state index is 12.2. The van der Waals surface area contributed by atoms with Crippen LogP contribution in [0.1, 0.15) is 17.4 Å². The number of hydrogen-bond acceptors (Lipinski definition) is 5.